The Kier molecular flexibility index (Phi) is 5.01. The Hall–Kier alpha value is -2.76. The molecule has 30 heavy (non-hydrogen) atoms. The highest BCUT2D eigenvalue weighted by Crippen LogP contribution is 2.34. The fourth-order valence-corrected chi connectivity index (χ4v) is 5.16. The molecular formula is C25H24N2O2S. The number of fused-ring (bicyclic) bond motifs is 2. The van der Waals surface area contributed by atoms with Crippen LogP contribution in [-0.4, -0.2) is 30.1 Å². The lowest BCUT2D eigenvalue weighted by molar-refractivity contribution is 0.0919. The van der Waals surface area contributed by atoms with Crippen molar-refractivity contribution < 1.29 is 9.53 Å². The molecule has 0 spiro atoms. The van der Waals surface area contributed by atoms with Crippen molar-refractivity contribution in [3.63, 3.8) is 0 Å². The van der Waals surface area contributed by atoms with Crippen molar-refractivity contribution in [2.75, 3.05) is 18.1 Å². The predicted molar refractivity (Wildman–Crippen MR) is 124 cm³/mol. The van der Waals surface area contributed by atoms with Crippen molar-refractivity contribution in [3.8, 4) is 0 Å². The third kappa shape index (κ3) is 3.38. The Morgan fingerprint density at radius 1 is 1.13 bits per heavy atom. The van der Waals surface area contributed by atoms with E-state index in [-0.39, 0.29) is 12.0 Å². The van der Waals surface area contributed by atoms with Gasteiger partial charge in [-0.15, -0.1) is 0 Å². The molecule has 1 unspecified atom stereocenters. The molecule has 0 saturated carbocycles. The first-order chi connectivity index (χ1) is 14.6. The van der Waals surface area contributed by atoms with Gasteiger partial charge in [0, 0.05) is 12.2 Å². The van der Waals surface area contributed by atoms with Gasteiger partial charge in [-0.2, -0.15) is 0 Å². The van der Waals surface area contributed by atoms with Crippen LogP contribution in [0.25, 0.3) is 21.0 Å². The second kappa shape index (κ2) is 7.82. The third-order valence-corrected chi connectivity index (χ3v) is 7.02. The average Bonchev–Trinajstić information content (AvgIpc) is 3.44. The summed E-state index contributed by atoms with van der Waals surface area (Å²) < 4.78 is 6.99. The van der Waals surface area contributed by atoms with Gasteiger partial charge >= 0.3 is 0 Å². The summed E-state index contributed by atoms with van der Waals surface area (Å²) in [6.07, 6.45) is 2.07. The summed E-state index contributed by atoms with van der Waals surface area (Å²) in [5, 5.41) is 2.78. The molecule has 2 heterocycles. The first-order valence-corrected chi connectivity index (χ1v) is 11.2. The molecule has 4 aromatic rings. The standard InChI is InChI=1S/C25H24N2O2S/c1-16-12-13-22-23(17(16)2)26-25(30-22)27(15-19-9-6-14-29-19)24(28)21-11-5-8-18-7-3-4-10-20(18)21/h3-5,7-8,10-13,19H,6,9,14-15H2,1-2H3. The van der Waals surface area contributed by atoms with Gasteiger partial charge in [-0.25, -0.2) is 4.98 Å². The number of aromatic nitrogens is 1. The Morgan fingerprint density at radius 2 is 1.97 bits per heavy atom. The Balaban J connectivity index is 1.61. The first-order valence-electron chi connectivity index (χ1n) is 10.4. The molecular weight excluding hydrogens is 392 g/mol. The molecule has 4 nitrogen and oxygen atoms in total. The number of amides is 1. The molecule has 1 aromatic heterocycles. The number of benzene rings is 3. The van der Waals surface area contributed by atoms with E-state index in [4.69, 9.17) is 9.72 Å². The zero-order chi connectivity index (χ0) is 20.7. The molecule has 1 aliphatic heterocycles. The molecule has 0 aliphatic carbocycles. The molecule has 1 saturated heterocycles. The zero-order valence-corrected chi connectivity index (χ0v) is 18.0. The molecule has 1 amide bonds. The van der Waals surface area contributed by atoms with Crippen molar-refractivity contribution in [1.29, 1.82) is 0 Å². The van der Waals surface area contributed by atoms with Gasteiger partial charge in [0.1, 0.15) is 0 Å². The minimum absolute atomic E-state index is 0.0178. The highest BCUT2D eigenvalue weighted by atomic mass is 32.1. The van der Waals surface area contributed by atoms with Crippen LogP contribution < -0.4 is 4.90 Å². The van der Waals surface area contributed by atoms with Gasteiger partial charge in [0.15, 0.2) is 5.13 Å². The van der Waals surface area contributed by atoms with Crippen LogP contribution in [0.1, 0.15) is 34.3 Å². The summed E-state index contributed by atoms with van der Waals surface area (Å²) in [6, 6.07) is 18.2. The first kappa shape index (κ1) is 19.2. The van der Waals surface area contributed by atoms with Crippen LogP contribution in [0, 0.1) is 13.8 Å². The van der Waals surface area contributed by atoms with E-state index in [9.17, 15) is 4.79 Å². The van der Waals surface area contributed by atoms with Crippen LogP contribution in [0.3, 0.4) is 0 Å². The lowest BCUT2D eigenvalue weighted by Crippen LogP contribution is -2.37. The quantitative estimate of drug-likeness (QED) is 0.416. The normalized spacial score (nSPS) is 16.4. The summed E-state index contributed by atoms with van der Waals surface area (Å²) >= 11 is 1.58. The van der Waals surface area contributed by atoms with E-state index < -0.39 is 0 Å². The number of carbonyl (C=O) groups is 1. The van der Waals surface area contributed by atoms with Crippen molar-refractivity contribution in [3.05, 3.63) is 71.3 Å². The maximum atomic E-state index is 13.8. The monoisotopic (exact) mass is 416 g/mol. The van der Waals surface area contributed by atoms with E-state index >= 15 is 0 Å². The minimum atomic E-state index is -0.0178. The maximum absolute atomic E-state index is 13.8. The summed E-state index contributed by atoms with van der Waals surface area (Å²) in [6.45, 7) is 5.48. The Bertz CT molecular complexity index is 1240. The topological polar surface area (TPSA) is 42.4 Å². The van der Waals surface area contributed by atoms with Gasteiger partial charge < -0.3 is 4.74 Å². The number of rotatable bonds is 4. The molecule has 5 rings (SSSR count). The molecule has 0 bridgehead atoms. The number of hydrogen-bond donors (Lipinski definition) is 0. The van der Waals surface area contributed by atoms with Gasteiger partial charge in [-0.1, -0.05) is 53.8 Å². The molecule has 3 aromatic carbocycles. The largest absolute Gasteiger partial charge is 0.376 e. The molecule has 1 aliphatic rings. The average molecular weight is 417 g/mol. The fraction of sp³-hybridized carbons (Fsp3) is 0.280. The number of thiazole rings is 1. The third-order valence-electron chi connectivity index (χ3n) is 5.98. The van der Waals surface area contributed by atoms with Gasteiger partial charge in [0.05, 0.1) is 22.9 Å². The molecule has 152 valence electrons. The SMILES string of the molecule is Cc1ccc2sc(N(CC3CCCO3)C(=O)c3cccc4ccccc34)nc2c1C. The highest BCUT2D eigenvalue weighted by Gasteiger charge is 2.28. The molecule has 0 N–H and O–H groups in total. The summed E-state index contributed by atoms with van der Waals surface area (Å²) in [5.74, 6) is -0.0178. The minimum Gasteiger partial charge on any atom is -0.376 e. The molecule has 1 fully saturated rings. The van der Waals surface area contributed by atoms with Crippen molar-refractivity contribution in [2.24, 2.45) is 0 Å². The van der Waals surface area contributed by atoms with Crippen molar-refractivity contribution in [1.82, 2.24) is 4.98 Å². The van der Waals surface area contributed by atoms with E-state index in [0.29, 0.717) is 12.1 Å². The van der Waals surface area contributed by atoms with E-state index in [1.54, 1.807) is 11.3 Å². The van der Waals surface area contributed by atoms with Gasteiger partial charge in [0.25, 0.3) is 5.91 Å². The van der Waals surface area contributed by atoms with Crippen LogP contribution in [0.4, 0.5) is 5.13 Å². The van der Waals surface area contributed by atoms with E-state index in [0.717, 1.165) is 45.6 Å². The second-order valence-corrected chi connectivity index (χ2v) is 8.94. The van der Waals surface area contributed by atoms with Crippen LogP contribution in [-0.2, 0) is 4.74 Å². The highest BCUT2D eigenvalue weighted by molar-refractivity contribution is 7.22. The summed E-state index contributed by atoms with van der Waals surface area (Å²) in [5.41, 5.74) is 4.08. The van der Waals surface area contributed by atoms with Gasteiger partial charge in [-0.05, 0) is 60.7 Å². The van der Waals surface area contributed by atoms with Crippen LogP contribution in [0.15, 0.2) is 54.6 Å². The Labute approximate surface area is 180 Å². The van der Waals surface area contributed by atoms with E-state index in [2.05, 4.69) is 26.0 Å². The number of aryl methyl sites for hydroxylation is 2. The number of anilines is 1. The molecule has 5 heteroatoms. The zero-order valence-electron chi connectivity index (χ0n) is 17.2. The number of ether oxygens (including phenoxy) is 1. The predicted octanol–water partition coefficient (Wildman–Crippen LogP) is 5.89. The lowest BCUT2D eigenvalue weighted by atomic mass is 10.0. The Morgan fingerprint density at radius 3 is 2.80 bits per heavy atom. The second-order valence-electron chi connectivity index (χ2n) is 7.93. The number of nitrogens with zero attached hydrogens (tertiary/aromatic N) is 2. The van der Waals surface area contributed by atoms with Crippen molar-refractivity contribution in [2.45, 2.75) is 32.8 Å². The van der Waals surface area contributed by atoms with E-state index in [1.807, 2.05) is 47.4 Å². The molecule has 0 radical (unpaired) electrons. The molecule has 1 atom stereocenters. The number of carbonyl (C=O) groups excluding carboxylic acids is 1. The van der Waals surface area contributed by atoms with Crippen LogP contribution in [0.2, 0.25) is 0 Å². The van der Waals surface area contributed by atoms with Crippen LogP contribution >= 0.6 is 11.3 Å². The fourth-order valence-electron chi connectivity index (χ4n) is 4.13. The summed E-state index contributed by atoms with van der Waals surface area (Å²) in [4.78, 5) is 20.6. The smallest absolute Gasteiger partial charge is 0.260 e. The van der Waals surface area contributed by atoms with E-state index in [1.165, 1.54) is 11.1 Å². The van der Waals surface area contributed by atoms with Gasteiger partial charge in [-0.3, -0.25) is 9.69 Å². The summed E-state index contributed by atoms with van der Waals surface area (Å²) in [7, 11) is 0. The lowest BCUT2D eigenvalue weighted by Gasteiger charge is -2.23. The van der Waals surface area contributed by atoms with Gasteiger partial charge in [0.2, 0.25) is 0 Å². The van der Waals surface area contributed by atoms with Crippen LogP contribution in [0.5, 0.6) is 0 Å². The number of hydrogen-bond acceptors (Lipinski definition) is 4. The maximum Gasteiger partial charge on any atom is 0.260 e. The van der Waals surface area contributed by atoms with Crippen molar-refractivity contribution >= 4 is 43.4 Å².